The average molecular weight is 317 g/mol. The van der Waals surface area contributed by atoms with Gasteiger partial charge in [0.15, 0.2) is 0 Å². The third kappa shape index (κ3) is 5.56. The molecule has 2 fully saturated rings. The average Bonchev–Trinajstić information content (AvgIpc) is 2.95. The highest BCUT2D eigenvalue weighted by Crippen LogP contribution is 2.19. The summed E-state index contributed by atoms with van der Waals surface area (Å²) in [6.07, 6.45) is 7.93. The molecule has 122 valence electrons. The molecule has 2 unspecified atom stereocenters. The van der Waals surface area contributed by atoms with Crippen LogP contribution in [0.4, 0.5) is 0 Å². The molecule has 0 aromatic carbocycles. The minimum atomic E-state index is -3.20. The van der Waals surface area contributed by atoms with Gasteiger partial charge in [0.1, 0.15) is 0 Å². The first-order valence-corrected chi connectivity index (χ1v) is 9.82. The maximum absolute atomic E-state index is 12.4. The molecule has 7 heteroatoms. The number of sulfonamides is 1. The van der Waals surface area contributed by atoms with Crippen LogP contribution in [0.3, 0.4) is 0 Å². The van der Waals surface area contributed by atoms with E-state index >= 15 is 0 Å². The van der Waals surface area contributed by atoms with Gasteiger partial charge in [0.2, 0.25) is 15.9 Å². The van der Waals surface area contributed by atoms with Gasteiger partial charge in [-0.05, 0) is 45.1 Å². The summed E-state index contributed by atoms with van der Waals surface area (Å²) in [6.45, 7) is 2.16. The molecule has 2 atom stereocenters. The summed E-state index contributed by atoms with van der Waals surface area (Å²) in [5.74, 6) is 0.170. The molecule has 0 spiro atoms. The van der Waals surface area contributed by atoms with Crippen LogP contribution in [0.5, 0.6) is 0 Å². The fraction of sp³-hybridized carbons (Fsp3) is 0.929. The van der Waals surface area contributed by atoms with Crippen molar-refractivity contribution in [2.24, 2.45) is 0 Å². The summed E-state index contributed by atoms with van der Waals surface area (Å²) in [5, 5.41) is 3.41. The molecule has 2 saturated heterocycles. The van der Waals surface area contributed by atoms with Crippen molar-refractivity contribution < 1.29 is 13.2 Å². The van der Waals surface area contributed by atoms with E-state index < -0.39 is 10.0 Å². The van der Waals surface area contributed by atoms with Crippen molar-refractivity contribution in [3.63, 3.8) is 0 Å². The Hall–Kier alpha value is -0.660. The molecule has 0 aromatic rings. The zero-order valence-corrected chi connectivity index (χ0v) is 13.6. The van der Waals surface area contributed by atoms with Crippen molar-refractivity contribution >= 4 is 15.9 Å². The number of likely N-dealkylation sites (tertiary alicyclic amines) is 1. The van der Waals surface area contributed by atoms with Gasteiger partial charge >= 0.3 is 0 Å². The fourth-order valence-electron chi connectivity index (χ4n) is 3.23. The molecule has 0 saturated carbocycles. The summed E-state index contributed by atoms with van der Waals surface area (Å²) in [4.78, 5) is 14.3. The summed E-state index contributed by atoms with van der Waals surface area (Å²) < 4.78 is 25.0. The molecule has 6 nitrogen and oxygen atoms in total. The van der Waals surface area contributed by atoms with Gasteiger partial charge < -0.3 is 10.2 Å². The van der Waals surface area contributed by atoms with E-state index in [2.05, 4.69) is 10.0 Å². The van der Waals surface area contributed by atoms with Crippen LogP contribution < -0.4 is 10.0 Å². The lowest BCUT2D eigenvalue weighted by Crippen LogP contribution is -2.49. The van der Waals surface area contributed by atoms with E-state index in [0.717, 1.165) is 51.4 Å². The second kappa shape index (κ2) is 7.56. The standard InChI is InChI=1S/C14H27N3O3S/c1-21(19,20)16-11-13-6-2-3-10-17(13)14(18)8-7-12-5-4-9-15-12/h12-13,15-16H,2-11H2,1H3. The maximum atomic E-state index is 12.4. The Kier molecular flexibility index (Phi) is 6.01. The third-order valence-corrected chi connectivity index (χ3v) is 5.09. The zero-order chi connectivity index (χ0) is 15.3. The highest BCUT2D eigenvalue weighted by atomic mass is 32.2. The monoisotopic (exact) mass is 317 g/mol. The number of carbonyl (C=O) groups is 1. The van der Waals surface area contributed by atoms with Gasteiger partial charge in [-0.25, -0.2) is 13.1 Å². The normalized spacial score (nSPS) is 27.0. The van der Waals surface area contributed by atoms with Crippen molar-refractivity contribution in [1.82, 2.24) is 14.9 Å². The van der Waals surface area contributed by atoms with Gasteiger partial charge in [-0.1, -0.05) is 0 Å². The summed E-state index contributed by atoms with van der Waals surface area (Å²) in [6, 6.07) is 0.490. The molecule has 0 aliphatic carbocycles. The molecular formula is C14H27N3O3S. The first-order valence-electron chi connectivity index (χ1n) is 7.93. The van der Waals surface area contributed by atoms with E-state index in [4.69, 9.17) is 0 Å². The van der Waals surface area contributed by atoms with Crippen LogP contribution in [-0.4, -0.2) is 57.2 Å². The van der Waals surface area contributed by atoms with Crippen molar-refractivity contribution in [3.8, 4) is 0 Å². The Balaban J connectivity index is 1.83. The van der Waals surface area contributed by atoms with E-state index in [9.17, 15) is 13.2 Å². The molecule has 2 heterocycles. The summed E-state index contributed by atoms with van der Waals surface area (Å²) in [7, 11) is -3.20. The molecule has 2 aliphatic rings. The van der Waals surface area contributed by atoms with E-state index in [1.807, 2.05) is 4.90 Å². The van der Waals surface area contributed by atoms with E-state index in [1.54, 1.807) is 0 Å². The maximum Gasteiger partial charge on any atom is 0.222 e. The summed E-state index contributed by atoms with van der Waals surface area (Å²) in [5.41, 5.74) is 0. The van der Waals surface area contributed by atoms with Crippen molar-refractivity contribution in [1.29, 1.82) is 0 Å². The Morgan fingerprint density at radius 1 is 1.29 bits per heavy atom. The molecule has 21 heavy (non-hydrogen) atoms. The predicted octanol–water partition coefficient (Wildman–Crippen LogP) is 0.449. The lowest BCUT2D eigenvalue weighted by atomic mass is 10.0. The smallest absolute Gasteiger partial charge is 0.222 e. The molecule has 2 aliphatic heterocycles. The third-order valence-electron chi connectivity index (χ3n) is 4.40. The van der Waals surface area contributed by atoms with Crippen molar-refractivity contribution in [2.45, 2.75) is 57.0 Å². The molecular weight excluding hydrogens is 290 g/mol. The lowest BCUT2D eigenvalue weighted by Gasteiger charge is -2.36. The van der Waals surface area contributed by atoms with Crippen LogP contribution in [-0.2, 0) is 14.8 Å². The van der Waals surface area contributed by atoms with E-state index in [1.165, 1.54) is 6.42 Å². The second-order valence-electron chi connectivity index (χ2n) is 6.19. The number of nitrogens with one attached hydrogen (secondary N) is 2. The molecule has 0 aromatic heterocycles. The molecule has 1 amide bonds. The van der Waals surface area contributed by atoms with Gasteiger partial charge in [-0.3, -0.25) is 4.79 Å². The van der Waals surface area contributed by atoms with Crippen LogP contribution in [0.25, 0.3) is 0 Å². The number of rotatable bonds is 6. The van der Waals surface area contributed by atoms with Crippen LogP contribution in [0, 0.1) is 0 Å². The molecule has 2 N–H and O–H groups in total. The summed E-state index contributed by atoms with van der Waals surface area (Å²) >= 11 is 0. The zero-order valence-electron chi connectivity index (χ0n) is 12.8. The lowest BCUT2D eigenvalue weighted by molar-refractivity contribution is -0.134. The molecule has 0 bridgehead atoms. The predicted molar refractivity (Wildman–Crippen MR) is 82.5 cm³/mol. The highest BCUT2D eigenvalue weighted by Gasteiger charge is 2.27. The second-order valence-corrected chi connectivity index (χ2v) is 8.02. The number of amides is 1. The van der Waals surface area contributed by atoms with Crippen LogP contribution in [0.15, 0.2) is 0 Å². The highest BCUT2D eigenvalue weighted by molar-refractivity contribution is 7.88. The number of hydrogen-bond acceptors (Lipinski definition) is 4. The topological polar surface area (TPSA) is 78.5 Å². The Morgan fingerprint density at radius 2 is 2.10 bits per heavy atom. The Labute approximate surface area is 127 Å². The van der Waals surface area contributed by atoms with E-state index in [-0.39, 0.29) is 11.9 Å². The fourth-order valence-corrected chi connectivity index (χ4v) is 3.73. The minimum absolute atomic E-state index is 0.0116. The van der Waals surface area contributed by atoms with Crippen LogP contribution in [0.2, 0.25) is 0 Å². The van der Waals surface area contributed by atoms with Crippen molar-refractivity contribution in [3.05, 3.63) is 0 Å². The first-order chi connectivity index (χ1) is 9.96. The minimum Gasteiger partial charge on any atom is -0.338 e. The Morgan fingerprint density at radius 3 is 2.76 bits per heavy atom. The van der Waals surface area contributed by atoms with Crippen LogP contribution in [0.1, 0.15) is 44.9 Å². The van der Waals surface area contributed by atoms with Gasteiger partial charge in [0, 0.05) is 31.6 Å². The number of nitrogens with zero attached hydrogens (tertiary/aromatic N) is 1. The molecule has 0 radical (unpaired) electrons. The van der Waals surface area contributed by atoms with Gasteiger partial charge in [0.05, 0.1) is 6.26 Å². The number of piperidine rings is 1. The molecule has 2 rings (SSSR count). The van der Waals surface area contributed by atoms with Crippen molar-refractivity contribution in [2.75, 3.05) is 25.9 Å². The SMILES string of the molecule is CS(=O)(=O)NCC1CCCCN1C(=O)CCC1CCCN1. The van der Waals surface area contributed by atoms with E-state index in [0.29, 0.717) is 19.0 Å². The van der Waals surface area contributed by atoms with Gasteiger partial charge in [-0.2, -0.15) is 0 Å². The number of hydrogen-bond donors (Lipinski definition) is 2. The quantitative estimate of drug-likeness (QED) is 0.745. The Bertz CT molecular complexity index is 446. The van der Waals surface area contributed by atoms with Gasteiger partial charge in [0.25, 0.3) is 0 Å². The van der Waals surface area contributed by atoms with Gasteiger partial charge in [-0.15, -0.1) is 0 Å². The first kappa shape index (κ1) is 16.7. The van der Waals surface area contributed by atoms with Crippen LogP contribution >= 0.6 is 0 Å². The largest absolute Gasteiger partial charge is 0.338 e. The number of carbonyl (C=O) groups excluding carboxylic acids is 1.